The van der Waals surface area contributed by atoms with Gasteiger partial charge in [-0.25, -0.2) is 9.97 Å². The summed E-state index contributed by atoms with van der Waals surface area (Å²) in [5.74, 6) is 3.01. The van der Waals surface area contributed by atoms with E-state index in [9.17, 15) is 0 Å². The first-order valence-electron chi connectivity index (χ1n) is 7.49. The zero-order valence-electron chi connectivity index (χ0n) is 11.8. The Bertz CT molecular complexity index is 463. The van der Waals surface area contributed by atoms with Gasteiger partial charge in [0.2, 0.25) is 0 Å². The van der Waals surface area contributed by atoms with Gasteiger partial charge in [-0.3, -0.25) is 10.9 Å². The predicted molar refractivity (Wildman–Crippen MR) is 80.8 cm³/mol. The molecular formula is C14H22ClN5. The first-order valence-corrected chi connectivity index (χ1v) is 7.87. The topological polar surface area (TPSA) is 61.9 Å². The molecule has 0 amide bonds. The third-order valence-corrected chi connectivity index (χ3v) is 4.31. The molecule has 20 heavy (non-hydrogen) atoms. The van der Waals surface area contributed by atoms with Crippen LogP contribution in [0.3, 0.4) is 0 Å². The van der Waals surface area contributed by atoms with Crippen LogP contribution in [-0.2, 0) is 0 Å². The highest BCUT2D eigenvalue weighted by atomic mass is 35.5. The first kappa shape index (κ1) is 14.0. The van der Waals surface area contributed by atoms with Gasteiger partial charge in [0, 0.05) is 31.1 Å². The molecule has 1 saturated carbocycles. The molecule has 5 nitrogen and oxygen atoms in total. The van der Waals surface area contributed by atoms with Gasteiger partial charge in [-0.05, 0) is 38.5 Å². The molecule has 1 aliphatic heterocycles. The fourth-order valence-electron chi connectivity index (χ4n) is 2.63. The van der Waals surface area contributed by atoms with E-state index in [2.05, 4.69) is 33.1 Å². The number of nitrogens with zero attached hydrogens (tertiary/aromatic N) is 2. The van der Waals surface area contributed by atoms with Gasteiger partial charge in [-0.15, -0.1) is 0 Å². The van der Waals surface area contributed by atoms with Crippen LogP contribution in [-0.4, -0.2) is 29.1 Å². The smallest absolute Gasteiger partial charge is 0.135 e. The van der Waals surface area contributed by atoms with Crippen LogP contribution in [0.4, 0.5) is 5.82 Å². The molecule has 1 aromatic heterocycles. The van der Waals surface area contributed by atoms with Crippen molar-refractivity contribution in [1.82, 2.24) is 20.8 Å². The molecule has 2 unspecified atom stereocenters. The van der Waals surface area contributed by atoms with Crippen molar-refractivity contribution in [3.8, 4) is 0 Å². The number of anilines is 1. The van der Waals surface area contributed by atoms with Crippen molar-refractivity contribution in [2.24, 2.45) is 5.92 Å². The van der Waals surface area contributed by atoms with Crippen LogP contribution in [0, 0.1) is 5.92 Å². The minimum Gasteiger partial charge on any atom is -0.370 e. The van der Waals surface area contributed by atoms with Gasteiger partial charge in [-0.1, -0.05) is 11.6 Å². The van der Waals surface area contributed by atoms with Gasteiger partial charge in [0.15, 0.2) is 0 Å². The maximum atomic E-state index is 6.05. The summed E-state index contributed by atoms with van der Waals surface area (Å²) in [5, 5.41) is 3.91. The van der Waals surface area contributed by atoms with E-state index in [1.165, 1.54) is 19.3 Å². The van der Waals surface area contributed by atoms with Crippen molar-refractivity contribution in [2.45, 2.75) is 44.6 Å². The summed E-state index contributed by atoms with van der Waals surface area (Å²) in [5.41, 5.74) is 6.46. The van der Waals surface area contributed by atoms with Gasteiger partial charge >= 0.3 is 0 Å². The van der Waals surface area contributed by atoms with E-state index in [1.54, 1.807) is 0 Å². The second-order valence-corrected chi connectivity index (χ2v) is 6.24. The highest BCUT2D eigenvalue weighted by Crippen LogP contribution is 2.38. The lowest BCUT2D eigenvalue weighted by molar-refractivity contribution is 0.452. The summed E-state index contributed by atoms with van der Waals surface area (Å²) in [4.78, 5) is 8.84. The number of hydrogen-bond acceptors (Lipinski definition) is 5. The van der Waals surface area contributed by atoms with Crippen LogP contribution in [0.5, 0.6) is 0 Å². The number of hydrazine groups is 1. The van der Waals surface area contributed by atoms with Crippen molar-refractivity contribution >= 4 is 17.4 Å². The molecule has 1 aromatic rings. The van der Waals surface area contributed by atoms with Crippen molar-refractivity contribution in [3.05, 3.63) is 17.0 Å². The van der Waals surface area contributed by atoms with E-state index in [0.29, 0.717) is 23.0 Å². The number of aromatic nitrogens is 2. The maximum absolute atomic E-state index is 6.05. The summed E-state index contributed by atoms with van der Waals surface area (Å²) < 4.78 is 0. The summed E-state index contributed by atoms with van der Waals surface area (Å²) in [6, 6.07) is 2.37. The Labute approximate surface area is 124 Å². The zero-order chi connectivity index (χ0) is 13.9. The Balaban J connectivity index is 1.46. The average molecular weight is 296 g/mol. The second kappa shape index (κ2) is 6.24. The standard InChI is InChI=1S/C14H22ClN5/c1-9-11(8-17-20-9)3-2-6-16-13-7-12(15)18-14(19-13)10-4-5-10/h7,9-11,17,20H,2-6,8H2,1H3,(H,16,18,19). The monoisotopic (exact) mass is 295 g/mol. The molecule has 2 fully saturated rings. The maximum Gasteiger partial charge on any atom is 0.135 e. The Hall–Kier alpha value is -0.910. The molecule has 3 N–H and O–H groups in total. The minimum absolute atomic E-state index is 0.533. The minimum atomic E-state index is 0.533. The Morgan fingerprint density at radius 2 is 2.25 bits per heavy atom. The number of nitrogens with one attached hydrogen (secondary N) is 3. The Morgan fingerprint density at radius 3 is 2.95 bits per heavy atom. The molecule has 0 spiro atoms. The third kappa shape index (κ3) is 3.59. The second-order valence-electron chi connectivity index (χ2n) is 5.85. The van der Waals surface area contributed by atoms with Crippen molar-refractivity contribution in [3.63, 3.8) is 0 Å². The van der Waals surface area contributed by atoms with Crippen molar-refractivity contribution in [1.29, 1.82) is 0 Å². The van der Waals surface area contributed by atoms with Gasteiger partial charge in [-0.2, -0.15) is 0 Å². The van der Waals surface area contributed by atoms with E-state index in [0.717, 1.165) is 31.2 Å². The highest BCUT2D eigenvalue weighted by molar-refractivity contribution is 6.29. The third-order valence-electron chi connectivity index (χ3n) is 4.11. The fraction of sp³-hybridized carbons (Fsp3) is 0.714. The molecule has 2 aliphatic rings. The number of halogens is 1. The first-order chi connectivity index (χ1) is 9.72. The van der Waals surface area contributed by atoms with E-state index in [1.807, 2.05) is 6.07 Å². The lowest BCUT2D eigenvalue weighted by atomic mass is 9.98. The molecule has 0 radical (unpaired) electrons. The molecule has 0 aromatic carbocycles. The van der Waals surface area contributed by atoms with Gasteiger partial charge in [0.1, 0.15) is 16.8 Å². The van der Waals surface area contributed by atoms with E-state index in [4.69, 9.17) is 11.6 Å². The molecule has 3 rings (SSSR count). The molecule has 6 heteroatoms. The van der Waals surface area contributed by atoms with Gasteiger partial charge in [0.25, 0.3) is 0 Å². The van der Waals surface area contributed by atoms with Crippen molar-refractivity contribution in [2.75, 3.05) is 18.4 Å². The molecule has 110 valence electrons. The largest absolute Gasteiger partial charge is 0.370 e. The van der Waals surface area contributed by atoms with E-state index < -0.39 is 0 Å². The van der Waals surface area contributed by atoms with Crippen LogP contribution >= 0.6 is 11.6 Å². The van der Waals surface area contributed by atoms with E-state index >= 15 is 0 Å². The molecule has 0 bridgehead atoms. The molecule has 1 saturated heterocycles. The van der Waals surface area contributed by atoms with Crippen LogP contribution in [0.25, 0.3) is 0 Å². The SMILES string of the molecule is CC1NNCC1CCCNc1cc(Cl)nc(C2CC2)n1. The number of rotatable bonds is 6. The quantitative estimate of drug-likeness (QED) is 0.555. The highest BCUT2D eigenvalue weighted by Gasteiger charge is 2.27. The predicted octanol–water partition coefficient (Wildman–Crippen LogP) is 2.31. The summed E-state index contributed by atoms with van der Waals surface area (Å²) in [6.07, 6.45) is 4.74. The van der Waals surface area contributed by atoms with Crippen LogP contribution in [0.15, 0.2) is 6.07 Å². The molecule has 1 aliphatic carbocycles. The van der Waals surface area contributed by atoms with Gasteiger partial charge < -0.3 is 5.32 Å². The van der Waals surface area contributed by atoms with Gasteiger partial charge in [0.05, 0.1) is 0 Å². The normalized spacial score (nSPS) is 25.9. The lowest BCUT2D eigenvalue weighted by Gasteiger charge is -2.13. The summed E-state index contributed by atoms with van der Waals surface area (Å²) in [6.45, 7) is 4.22. The van der Waals surface area contributed by atoms with E-state index in [-0.39, 0.29) is 0 Å². The molecule has 2 atom stereocenters. The van der Waals surface area contributed by atoms with Crippen LogP contribution in [0.2, 0.25) is 5.15 Å². The van der Waals surface area contributed by atoms with Crippen molar-refractivity contribution < 1.29 is 0 Å². The van der Waals surface area contributed by atoms with Crippen LogP contribution in [0.1, 0.15) is 44.3 Å². The molecular weight excluding hydrogens is 274 g/mol. The van der Waals surface area contributed by atoms with Crippen LogP contribution < -0.4 is 16.2 Å². The Kier molecular flexibility index (Phi) is 4.38. The lowest BCUT2D eigenvalue weighted by Crippen LogP contribution is -2.28. The molecule has 2 heterocycles. The zero-order valence-corrected chi connectivity index (χ0v) is 12.6. The number of hydrogen-bond donors (Lipinski definition) is 3. The summed E-state index contributed by atoms with van der Waals surface area (Å²) >= 11 is 6.05. The average Bonchev–Trinajstić information content (AvgIpc) is 3.19. The Morgan fingerprint density at radius 1 is 1.40 bits per heavy atom. The summed E-state index contributed by atoms with van der Waals surface area (Å²) in [7, 11) is 0. The fourth-order valence-corrected chi connectivity index (χ4v) is 2.82.